The van der Waals surface area contributed by atoms with E-state index in [9.17, 15) is 18.0 Å². The van der Waals surface area contributed by atoms with Gasteiger partial charge in [0.2, 0.25) is 0 Å². The summed E-state index contributed by atoms with van der Waals surface area (Å²) < 4.78 is 39.7. The largest absolute Gasteiger partial charge is 0.417 e. The van der Waals surface area contributed by atoms with Crippen LogP contribution >= 0.6 is 23.2 Å². The first-order valence-corrected chi connectivity index (χ1v) is 10.0. The van der Waals surface area contributed by atoms with Gasteiger partial charge in [0.25, 0.3) is 5.91 Å². The zero-order valence-corrected chi connectivity index (χ0v) is 17.3. The second-order valence-electron chi connectivity index (χ2n) is 7.40. The molecule has 8 heteroatoms. The Balaban J connectivity index is 2.00. The van der Waals surface area contributed by atoms with E-state index in [-0.39, 0.29) is 10.6 Å². The van der Waals surface area contributed by atoms with E-state index in [1.807, 2.05) is 37.3 Å². The van der Waals surface area contributed by atoms with Crippen LogP contribution in [0.15, 0.2) is 42.5 Å². The smallest absolute Gasteiger partial charge is 0.343 e. The minimum absolute atomic E-state index is 0.130. The van der Waals surface area contributed by atoms with E-state index in [1.54, 1.807) is 0 Å². The van der Waals surface area contributed by atoms with E-state index in [0.717, 1.165) is 43.5 Å². The van der Waals surface area contributed by atoms with Crippen LogP contribution in [0.25, 0.3) is 0 Å². The van der Waals surface area contributed by atoms with Gasteiger partial charge in [-0.15, -0.1) is 0 Å². The summed E-state index contributed by atoms with van der Waals surface area (Å²) in [6, 6.07) is 10.7. The number of carbonyl (C=O) groups excluding carboxylic acids is 1. The summed E-state index contributed by atoms with van der Waals surface area (Å²) >= 11 is 12.0. The molecular formula is C21H21Cl2F3N2O. The topological polar surface area (TPSA) is 41.1 Å². The Morgan fingerprint density at radius 2 is 1.83 bits per heavy atom. The van der Waals surface area contributed by atoms with Crippen molar-refractivity contribution in [3.05, 3.63) is 69.2 Å². The van der Waals surface area contributed by atoms with Gasteiger partial charge in [0, 0.05) is 5.54 Å². The molecular weight excluding hydrogens is 424 g/mol. The van der Waals surface area contributed by atoms with Gasteiger partial charge >= 0.3 is 6.18 Å². The van der Waals surface area contributed by atoms with Crippen molar-refractivity contribution in [2.24, 2.45) is 0 Å². The van der Waals surface area contributed by atoms with Gasteiger partial charge in [-0.25, -0.2) is 0 Å². The summed E-state index contributed by atoms with van der Waals surface area (Å²) in [6.07, 6.45) is -1.88. The maximum atomic E-state index is 13.2. The molecule has 0 spiro atoms. The Kier molecular flexibility index (Phi) is 6.46. The van der Waals surface area contributed by atoms with Gasteiger partial charge in [-0.05, 0) is 44.0 Å². The molecule has 2 N–H and O–H groups in total. The van der Waals surface area contributed by atoms with Gasteiger partial charge in [0.05, 0.1) is 27.2 Å². The minimum Gasteiger partial charge on any atom is -0.343 e. The molecule has 156 valence electrons. The van der Waals surface area contributed by atoms with Crippen LogP contribution in [0.1, 0.15) is 53.7 Å². The summed E-state index contributed by atoms with van der Waals surface area (Å²) in [5, 5.41) is 5.51. The number of nitrogens with one attached hydrogen (secondary N) is 2. The molecule has 0 radical (unpaired) electrons. The fourth-order valence-electron chi connectivity index (χ4n) is 3.76. The van der Waals surface area contributed by atoms with Gasteiger partial charge in [0.15, 0.2) is 0 Å². The molecule has 2 unspecified atom stereocenters. The third-order valence-electron chi connectivity index (χ3n) is 5.32. The SMILES string of the molecule is CC1(C(NC(=O)c2c(Cl)ccc(C(F)(F)F)c2Cl)c2ccccc2)CCCCN1. The lowest BCUT2D eigenvalue weighted by Crippen LogP contribution is -2.55. The number of rotatable bonds is 4. The van der Waals surface area contributed by atoms with Gasteiger partial charge in [-0.2, -0.15) is 13.2 Å². The first-order valence-electron chi connectivity index (χ1n) is 9.29. The molecule has 0 saturated carbocycles. The van der Waals surface area contributed by atoms with E-state index in [0.29, 0.717) is 0 Å². The van der Waals surface area contributed by atoms with Crippen molar-refractivity contribution in [2.45, 2.75) is 43.9 Å². The fraction of sp³-hybridized carbons (Fsp3) is 0.381. The predicted molar refractivity (Wildman–Crippen MR) is 108 cm³/mol. The zero-order chi connectivity index (χ0) is 21.2. The highest BCUT2D eigenvalue weighted by Crippen LogP contribution is 2.39. The Morgan fingerprint density at radius 1 is 1.14 bits per heavy atom. The third kappa shape index (κ3) is 4.71. The number of piperidine rings is 1. The van der Waals surface area contributed by atoms with Crippen LogP contribution in [-0.2, 0) is 6.18 Å². The Hall–Kier alpha value is -1.76. The van der Waals surface area contributed by atoms with Crippen LogP contribution in [0.3, 0.4) is 0 Å². The monoisotopic (exact) mass is 444 g/mol. The maximum Gasteiger partial charge on any atom is 0.417 e. The number of hydrogen-bond donors (Lipinski definition) is 2. The number of alkyl halides is 3. The predicted octanol–water partition coefficient (Wildman–Crippen LogP) is 6.02. The lowest BCUT2D eigenvalue weighted by atomic mass is 9.80. The lowest BCUT2D eigenvalue weighted by molar-refractivity contribution is -0.137. The number of halogens is 5. The van der Waals surface area contributed by atoms with Gasteiger partial charge < -0.3 is 10.6 Å². The van der Waals surface area contributed by atoms with Crippen LogP contribution in [0, 0.1) is 0 Å². The third-order valence-corrected chi connectivity index (χ3v) is 6.03. The first-order chi connectivity index (χ1) is 13.6. The first kappa shape index (κ1) is 21.9. The van der Waals surface area contributed by atoms with Gasteiger partial charge in [-0.3, -0.25) is 4.79 Å². The number of carbonyl (C=O) groups is 1. The molecule has 3 nitrogen and oxygen atoms in total. The number of hydrogen-bond acceptors (Lipinski definition) is 2. The minimum atomic E-state index is -4.69. The normalized spacial score (nSPS) is 20.9. The van der Waals surface area contributed by atoms with E-state index >= 15 is 0 Å². The molecule has 3 rings (SSSR count). The second-order valence-corrected chi connectivity index (χ2v) is 8.19. The van der Waals surface area contributed by atoms with E-state index in [2.05, 4.69) is 10.6 Å². The van der Waals surface area contributed by atoms with Crippen molar-refractivity contribution in [1.82, 2.24) is 10.6 Å². The Morgan fingerprint density at radius 3 is 2.41 bits per heavy atom. The van der Waals surface area contributed by atoms with Crippen molar-refractivity contribution < 1.29 is 18.0 Å². The molecule has 0 aliphatic carbocycles. The second kappa shape index (κ2) is 8.54. The summed E-state index contributed by atoms with van der Waals surface area (Å²) in [7, 11) is 0. The van der Waals surface area contributed by atoms with Gasteiger partial charge in [-0.1, -0.05) is 60.0 Å². The van der Waals surface area contributed by atoms with Crippen LogP contribution < -0.4 is 10.6 Å². The summed E-state index contributed by atoms with van der Waals surface area (Å²) in [4.78, 5) is 13.1. The average molecular weight is 445 g/mol. The van der Waals surface area contributed by atoms with Crippen molar-refractivity contribution >= 4 is 29.1 Å². The number of amides is 1. The van der Waals surface area contributed by atoms with Crippen molar-refractivity contribution in [3.63, 3.8) is 0 Å². The van der Waals surface area contributed by atoms with Crippen LogP contribution in [0.4, 0.5) is 13.2 Å². The summed E-state index contributed by atoms with van der Waals surface area (Å²) in [6.45, 7) is 2.79. The molecule has 1 amide bonds. The highest BCUT2D eigenvalue weighted by atomic mass is 35.5. The van der Waals surface area contributed by atoms with E-state index in [1.165, 1.54) is 0 Å². The maximum absolute atomic E-state index is 13.2. The molecule has 0 aromatic heterocycles. The molecule has 1 fully saturated rings. The highest BCUT2D eigenvalue weighted by Gasteiger charge is 2.39. The molecule has 0 bridgehead atoms. The van der Waals surface area contributed by atoms with E-state index in [4.69, 9.17) is 23.2 Å². The van der Waals surface area contributed by atoms with Gasteiger partial charge in [0.1, 0.15) is 0 Å². The molecule has 29 heavy (non-hydrogen) atoms. The molecule has 2 atom stereocenters. The van der Waals surface area contributed by atoms with Crippen LogP contribution in [0.2, 0.25) is 10.0 Å². The van der Waals surface area contributed by atoms with E-state index < -0.39 is 34.3 Å². The molecule has 1 saturated heterocycles. The Bertz CT molecular complexity index is 881. The van der Waals surface area contributed by atoms with Crippen LogP contribution in [0.5, 0.6) is 0 Å². The quantitative estimate of drug-likeness (QED) is 0.605. The Labute approximate surface area is 177 Å². The molecule has 1 heterocycles. The standard InChI is InChI=1S/C21H21Cl2F3N2O/c1-20(11-5-6-12-27-20)18(13-7-3-2-4-8-13)28-19(29)16-15(22)10-9-14(17(16)23)21(24,25)26/h2-4,7-10,18,27H,5-6,11-12H2,1H3,(H,28,29). The molecule has 1 aliphatic heterocycles. The average Bonchev–Trinajstić information content (AvgIpc) is 2.66. The van der Waals surface area contributed by atoms with Crippen molar-refractivity contribution in [2.75, 3.05) is 6.54 Å². The number of benzene rings is 2. The lowest BCUT2D eigenvalue weighted by Gasteiger charge is -2.42. The summed E-state index contributed by atoms with van der Waals surface area (Å²) in [5.41, 5.74) is -1.08. The summed E-state index contributed by atoms with van der Waals surface area (Å²) in [5.74, 6) is -0.742. The van der Waals surface area contributed by atoms with Crippen molar-refractivity contribution in [3.8, 4) is 0 Å². The highest BCUT2D eigenvalue weighted by molar-refractivity contribution is 6.40. The van der Waals surface area contributed by atoms with Crippen LogP contribution in [-0.4, -0.2) is 18.0 Å². The molecule has 1 aliphatic rings. The van der Waals surface area contributed by atoms with Crippen molar-refractivity contribution in [1.29, 1.82) is 0 Å². The fourth-order valence-corrected chi connectivity index (χ4v) is 4.41. The zero-order valence-electron chi connectivity index (χ0n) is 15.7. The molecule has 2 aromatic rings. The molecule has 2 aromatic carbocycles.